The highest BCUT2D eigenvalue weighted by Gasteiger charge is 2.35. The van der Waals surface area contributed by atoms with Crippen LogP contribution in [0.5, 0.6) is 0 Å². The largest absolute Gasteiger partial charge is 0.357 e. The maximum atomic E-state index is 12.4. The molecule has 5 heteroatoms. The summed E-state index contributed by atoms with van der Waals surface area (Å²) in [7, 11) is -3.33. The van der Waals surface area contributed by atoms with Gasteiger partial charge in [0.25, 0.3) is 0 Å². The topological polar surface area (TPSA) is 49.7 Å². The molecule has 1 atom stereocenters. The van der Waals surface area contributed by atoms with Crippen LogP contribution in [0.25, 0.3) is 0 Å². The Morgan fingerprint density at radius 1 is 1.17 bits per heavy atom. The molecular weight excluding hydrogens is 248 g/mol. The average Bonchev–Trinajstić information content (AvgIpc) is 2.84. The summed E-state index contributed by atoms with van der Waals surface area (Å²) in [6.07, 6.45) is 3.17. The highest BCUT2D eigenvalue weighted by molar-refractivity contribution is 7.92. The summed E-state index contributed by atoms with van der Waals surface area (Å²) in [6, 6.07) is 8.62. The lowest BCUT2D eigenvalue weighted by atomic mass is 10.1. The first-order chi connectivity index (χ1) is 8.68. The monoisotopic (exact) mass is 264 g/mol. The van der Waals surface area contributed by atoms with Gasteiger partial charge in [-0.3, -0.25) is 4.99 Å². The van der Waals surface area contributed by atoms with Gasteiger partial charge in [-0.1, -0.05) is 18.2 Å². The molecule has 0 spiro atoms. The second-order valence-electron chi connectivity index (χ2n) is 4.76. The van der Waals surface area contributed by atoms with E-state index in [1.165, 1.54) is 0 Å². The zero-order valence-electron chi connectivity index (χ0n) is 10.1. The Balaban J connectivity index is 1.90. The van der Waals surface area contributed by atoms with E-state index in [2.05, 4.69) is 9.89 Å². The van der Waals surface area contributed by atoms with Gasteiger partial charge < -0.3 is 4.90 Å². The van der Waals surface area contributed by atoms with E-state index < -0.39 is 15.2 Å². The van der Waals surface area contributed by atoms with E-state index in [-0.39, 0.29) is 0 Å². The first-order valence-electron chi connectivity index (χ1n) is 6.28. The summed E-state index contributed by atoms with van der Waals surface area (Å²) in [5.74, 6) is 0.978. The van der Waals surface area contributed by atoms with Crippen LogP contribution in [0.4, 0.5) is 0 Å². The summed E-state index contributed by atoms with van der Waals surface area (Å²) < 4.78 is 24.9. The number of piperidine rings is 1. The van der Waals surface area contributed by atoms with Gasteiger partial charge in [0, 0.05) is 13.0 Å². The first kappa shape index (κ1) is 11.7. The van der Waals surface area contributed by atoms with Gasteiger partial charge in [-0.2, -0.15) is 0 Å². The minimum Gasteiger partial charge on any atom is -0.357 e. The van der Waals surface area contributed by atoms with Crippen LogP contribution in [0.2, 0.25) is 0 Å². The normalized spacial score (nSPS) is 23.7. The summed E-state index contributed by atoms with van der Waals surface area (Å²) in [5, 5.41) is -0.618. The number of aliphatic imine (C=N–C) groups is 1. The summed E-state index contributed by atoms with van der Waals surface area (Å²) in [6.45, 7) is 1.46. The molecule has 1 fully saturated rings. The van der Waals surface area contributed by atoms with Crippen LogP contribution in [0.3, 0.4) is 0 Å². The molecule has 0 bridgehead atoms. The molecule has 0 aromatic heterocycles. The Morgan fingerprint density at radius 3 is 2.67 bits per heavy atom. The van der Waals surface area contributed by atoms with Crippen LogP contribution >= 0.6 is 0 Å². The second kappa shape index (κ2) is 4.39. The number of hydrogen-bond donors (Lipinski definition) is 0. The van der Waals surface area contributed by atoms with Gasteiger partial charge in [-0.25, -0.2) is 8.42 Å². The maximum Gasteiger partial charge on any atom is 0.203 e. The van der Waals surface area contributed by atoms with Gasteiger partial charge in [-0.05, 0) is 25.0 Å². The number of amidine groups is 1. The molecule has 1 aromatic carbocycles. The number of benzene rings is 1. The molecule has 0 saturated carbocycles. The fraction of sp³-hybridized carbons (Fsp3) is 0.462. The highest BCUT2D eigenvalue weighted by Crippen LogP contribution is 2.25. The standard InChI is InChI=1S/C13H16N2O2S/c16-18(17,11-6-2-1-3-7-11)13-10-15-9-5-4-8-12(15)14-13/h1-3,6-7,13H,4-5,8-10H2. The average molecular weight is 264 g/mol. The minimum absolute atomic E-state index is 0.374. The van der Waals surface area contributed by atoms with Crippen molar-refractivity contribution in [2.45, 2.75) is 29.5 Å². The number of sulfone groups is 1. The fourth-order valence-electron chi connectivity index (χ4n) is 2.55. The summed E-state index contributed by atoms with van der Waals surface area (Å²) >= 11 is 0. The lowest BCUT2D eigenvalue weighted by Crippen LogP contribution is -2.34. The van der Waals surface area contributed by atoms with Crippen LogP contribution in [0.1, 0.15) is 19.3 Å². The molecular formula is C13H16N2O2S. The maximum absolute atomic E-state index is 12.4. The van der Waals surface area contributed by atoms with Crippen molar-refractivity contribution in [3.8, 4) is 0 Å². The minimum atomic E-state index is -3.33. The van der Waals surface area contributed by atoms with Crippen LogP contribution < -0.4 is 0 Å². The van der Waals surface area contributed by atoms with Gasteiger partial charge in [0.15, 0.2) is 5.37 Å². The van der Waals surface area contributed by atoms with Gasteiger partial charge >= 0.3 is 0 Å². The predicted molar refractivity (Wildman–Crippen MR) is 70.3 cm³/mol. The van der Waals surface area contributed by atoms with Gasteiger partial charge in [-0.15, -0.1) is 0 Å². The smallest absolute Gasteiger partial charge is 0.203 e. The zero-order chi connectivity index (χ0) is 12.6. The van der Waals surface area contributed by atoms with Crippen LogP contribution in [0.15, 0.2) is 40.2 Å². The van der Waals surface area contributed by atoms with E-state index in [9.17, 15) is 8.42 Å². The van der Waals surface area contributed by atoms with Crippen molar-refractivity contribution < 1.29 is 8.42 Å². The Hall–Kier alpha value is -1.36. The molecule has 96 valence electrons. The van der Waals surface area contributed by atoms with E-state index in [0.717, 1.165) is 31.6 Å². The molecule has 1 saturated heterocycles. The second-order valence-corrected chi connectivity index (χ2v) is 6.87. The highest BCUT2D eigenvalue weighted by atomic mass is 32.2. The molecule has 0 N–H and O–H groups in total. The fourth-order valence-corrected chi connectivity index (χ4v) is 4.03. The Morgan fingerprint density at radius 2 is 1.94 bits per heavy atom. The van der Waals surface area contributed by atoms with Gasteiger partial charge in [0.05, 0.1) is 11.4 Å². The van der Waals surface area contributed by atoms with Crippen molar-refractivity contribution in [2.75, 3.05) is 13.1 Å². The van der Waals surface area contributed by atoms with Crippen molar-refractivity contribution in [2.24, 2.45) is 4.99 Å². The molecule has 2 aliphatic heterocycles. The van der Waals surface area contributed by atoms with E-state index in [1.807, 2.05) is 6.07 Å². The van der Waals surface area contributed by atoms with Crippen molar-refractivity contribution in [3.63, 3.8) is 0 Å². The third-order valence-corrected chi connectivity index (χ3v) is 5.44. The van der Waals surface area contributed by atoms with E-state index in [0.29, 0.717) is 11.4 Å². The first-order valence-corrected chi connectivity index (χ1v) is 7.83. The zero-order valence-corrected chi connectivity index (χ0v) is 10.9. The SMILES string of the molecule is O=S(=O)(c1ccccc1)C1CN2CCCCC2=N1. The van der Waals surface area contributed by atoms with Crippen molar-refractivity contribution in [1.82, 2.24) is 4.90 Å². The third-order valence-electron chi connectivity index (χ3n) is 3.54. The van der Waals surface area contributed by atoms with Crippen LogP contribution in [-0.4, -0.2) is 37.6 Å². The molecule has 0 amide bonds. The lowest BCUT2D eigenvalue weighted by Gasteiger charge is -2.24. The van der Waals surface area contributed by atoms with E-state index >= 15 is 0 Å². The quantitative estimate of drug-likeness (QED) is 0.816. The van der Waals surface area contributed by atoms with Gasteiger partial charge in [0.2, 0.25) is 9.84 Å². The molecule has 2 heterocycles. The Kier molecular flexibility index (Phi) is 2.86. The molecule has 0 radical (unpaired) electrons. The number of fused-ring (bicyclic) bond motifs is 1. The number of nitrogens with zero attached hydrogens (tertiary/aromatic N) is 2. The molecule has 1 unspecified atom stereocenters. The molecule has 4 nitrogen and oxygen atoms in total. The van der Waals surface area contributed by atoms with Crippen molar-refractivity contribution >= 4 is 15.7 Å². The molecule has 1 aromatic rings. The van der Waals surface area contributed by atoms with Crippen LogP contribution in [0, 0.1) is 0 Å². The summed E-state index contributed by atoms with van der Waals surface area (Å²) in [5.41, 5.74) is 0. The Bertz CT molecular complexity index is 566. The van der Waals surface area contributed by atoms with Gasteiger partial charge in [0.1, 0.15) is 5.84 Å². The molecule has 3 rings (SSSR count). The van der Waals surface area contributed by atoms with Crippen molar-refractivity contribution in [3.05, 3.63) is 30.3 Å². The molecule has 0 aliphatic carbocycles. The number of hydrogen-bond acceptors (Lipinski definition) is 4. The van der Waals surface area contributed by atoms with E-state index in [1.54, 1.807) is 24.3 Å². The lowest BCUT2D eigenvalue weighted by molar-refractivity contribution is 0.396. The van der Waals surface area contributed by atoms with Crippen molar-refractivity contribution in [1.29, 1.82) is 0 Å². The Labute approximate surface area is 107 Å². The van der Waals surface area contributed by atoms with E-state index in [4.69, 9.17) is 0 Å². The van der Waals surface area contributed by atoms with Crippen LogP contribution in [-0.2, 0) is 9.84 Å². The third kappa shape index (κ3) is 1.92. The molecule has 18 heavy (non-hydrogen) atoms. The number of rotatable bonds is 2. The predicted octanol–water partition coefficient (Wildman–Crippen LogP) is 1.68. The molecule has 2 aliphatic rings. The summed E-state index contributed by atoms with van der Waals surface area (Å²) in [4.78, 5) is 6.91.